The van der Waals surface area contributed by atoms with Crippen LogP contribution in [0, 0.1) is 17.8 Å². The number of nitrogens with one attached hydrogen (secondary N) is 1. The maximum Gasteiger partial charge on any atom is 0.335 e. The fourth-order valence-electron chi connectivity index (χ4n) is 5.09. The van der Waals surface area contributed by atoms with E-state index in [2.05, 4.69) is 17.4 Å². The highest BCUT2D eigenvalue weighted by Gasteiger charge is 2.28. The lowest BCUT2D eigenvalue weighted by molar-refractivity contribution is 0.0696. The maximum atomic E-state index is 11.2. The standard InChI is InChI=1S/C26H37NO3S2.C2H6/c1-4-25(32-27-23-16-15-22(26(28)29)17-24(23)30-3)31-18(2)19-11-8-12-21(14-13-19)20-9-6-5-7-10-20;1-2/h4,15-17,19-21,27H,2,5-14H2,1,3H3,(H,28,29);1-2H3/b25-4+;. The summed E-state index contributed by atoms with van der Waals surface area (Å²) in [7, 11) is 1.55. The first-order valence-electron chi connectivity index (χ1n) is 12.9. The Labute approximate surface area is 215 Å². The third-order valence-corrected chi connectivity index (χ3v) is 9.25. The predicted molar refractivity (Wildman–Crippen MR) is 150 cm³/mol. The number of methoxy groups -OCH3 is 1. The van der Waals surface area contributed by atoms with Crippen LogP contribution in [-0.4, -0.2) is 18.2 Å². The normalized spacial score (nSPS) is 21.6. The van der Waals surface area contributed by atoms with Crippen LogP contribution in [0.2, 0.25) is 0 Å². The van der Waals surface area contributed by atoms with E-state index in [0.717, 1.165) is 21.8 Å². The molecule has 190 valence electrons. The summed E-state index contributed by atoms with van der Waals surface area (Å²) in [6.07, 6.45) is 15.9. The van der Waals surface area contributed by atoms with Gasteiger partial charge in [-0.25, -0.2) is 4.79 Å². The Kier molecular flexibility index (Phi) is 13.1. The molecular formula is C28H43NO3S2. The molecule has 0 aromatic heterocycles. The van der Waals surface area contributed by atoms with Gasteiger partial charge in [0.1, 0.15) is 5.75 Å². The largest absolute Gasteiger partial charge is 0.495 e. The molecule has 2 fully saturated rings. The Balaban J connectivity index is 0.00000199. The van der Waals surface area contributed by atoms with Gasteiger partial charge in [-0.3, -0.25) is 0 Å². The molecule has 2 saturated carbocycles. The summed E-state index contributed by atoms with van der Waals surface area (Å²) in [6.45, 7) is 10.5. The fraction of sp³-hybridized carbons (Fsp3) is 0.607. The second-order valence-corrected chi connectivity index (χ2v) is 11.2. The molecule has 0 heterocycles. The number of carboxylic acid groups (broad SMARTS) is 1. The quantitative estimate of drug-likeness (QED) is 0.257. The van der Waals surface area contributed by atoms with Crippen LogP contribution < -0.4 is 9.46 Å². The molecule has 2 unspecified atom stereocenters. The van der Waals surface area contributed by atoms with E-state index in [1.165, 1.54) is 81.1 Å². The molecule has 3 rings (SSSR count). The van der Waals surface area contributed by atoms with Gasteiger partial charge in [0, 0.05) is 0 Å². The molecular weight excluding hydrogens is 462 g/mol. The SMILES string of the molecule is C=C(S/C(=C\C)SNc1ccc(C(=O)O)cc1OC)C1CCCC(C2CCCCC2)CC1.CC. The predicted octanol–water partition coefficient (Wildman–Crippen LogP) is 9.36. The van der Waals surface area contributed by atoms with Crippen molar-refractivity contribution in [2.45, 2.75) is 85.0 Å². The van der Waals surface area contributed by atoms with Crippen LogP contribution in [0.3, 0.4) is 0 Å². The summed E-state index contributed by atoms with van der Waals surface area (Å²) in [5.74, 6) is 2.05. The van der Waals surface area contributed by atoms with Crippen molar-refractivity contribution < 1.29 is 14.6 Å². The average Bonchev–Trinajstić information content (AvgIpc) is 3.14. The molecule has 0 amide bonds. The summed E-state index contributed by atoms with van der Waals surface area (Å²) in [5.41, 5.74) is 0.976. The zero-order chi connectivity index (χ0) is 24.9. The van der Waals surface area contributed by atoms with Crippen LogP contribution >= 0.6 is 23.7 Å². The maximum absolute atomic E-state index is 11.2. The molecule has 6 heteroatoms. The molecule has 1 aromatic rings. The monoisotopic (exact) mass is 505 g/mol. The lowest BCUT2D eigenvalue weighted by Gasteiger charge is -2.29. The minimum Gasteiger partial charge on any atom is -0.495 e. The minimum atomic E-state index is -0.961. The van der Waals surface area contributed by atoms with Crippen molar-refractivity contribution in [1.29, 1.82) is 0 Å². The van der Waals surface area contributed by atoms with Crippen LogP contribution in [-0.2, 0) is 0 Å². The molecule has 4 nitrogen and oxygen atoms in total. The van der Waals surface area contributed by atoms with E-state index in [4.69, 9.17) is 4.74 Å². The number of rotatable bonds is 9. The number of benzene rings is 1. The topological polar surface area (TPSA) is 58.6 Å². The lowest BCUT2D eigenvalue weighted by atomic mass is 9.77. The number of allylic oxidation sites excluding steroid dienone is 2. The Bertz CT molecular complexity index is 818. The highest BCUT2D eigenvalue weighted by molar-refractivity contribution is 8.24. The van der Waals surface area contributed by atoms with Gasteiger partial charge in [0.05, 0.1) is 22.6 Å². The summed E-state index contributed by atoms with van der Waals surface area (Å²) in [6, 6.07) is 4.88. The molecule has 1 aromatic carbocycles. The minimum absolute atomic E-state index is 0.214. The van der Waals surface area contributed by atoms with Crippen molar-refractivity contribution in [2.24, 2.45) is 17.8 Å². The van der Waals surface area contributed by atoms with E-state index in [9.17, 15) is 9.90 Å². The molecule has 0 radical (unpaired) electrons. The van der Waals surface area contributed by atoms with Gasteiger partial charge < -0.3 is 14.6 Å². The molecule has 2 N–H and O–H groups in total. The van der Waals surface area contributed by atoms with E-state index in [0.29, 0.717) is 11.7 Å². The smallest absolute Gasteiger partial charge is 0.335 e. The number of carboxylic acids is 1. The number of carbonyl (C=O) groups is 1. The van der Waals surface area contributed by atoms with Crippen LogP contribution in [0.15, 0.2) is 40.0 Å². The lowest BCUT2D eigenvalue weighted by Crippen LogP contribution is -2.17. The van der Waals surface area contributed by atoms with Gasteiger partial charge in [0.15, 0.2) is 0 Å². The van der Waals surface area contributed by atoms with Crippen molar-refractivity contribution in [2.75, 3.05) is 11.8 Å². The van der Waals surface area contributed by atoms with Gasteiger partial charge in [0.2, 0.25) is 0 Å². The summed E-state index contributed by atoms with van der Waals surface area (Å²) >= 11 is 3.30. The molecule has 34 heavy (non-hydrogen) atoms. The summed E-state index contributed by atoms with van der Waals surface area (Å²) in [4.78, 5) is 12.5. The second kappa shape index (κ2) is 15.5. The Morgan fingerprint density at radius 3 is 2.38 bits per heavy atom. The third-order valence-electron chi connectivity index (χ3n) is 6.96. The molecule has 0 aliphatic heterocycles. The Morgan fingerprint density at radius 1 is 1.06 bits per heavy atom. The average molecular weight is 506 g/mol. The van der Waals surface area contributed by atoms with Crippen LogP contribution in [0.25, 0.3) is 0 Å². The zero-order valence-corrected chi connectivity index (χ0v) is 23.0. The molecule has 0 bridgehead atoms. The first-order chi connectivity index (χ1) is 16.5. The Morgan fingerprint density at radius 2 is 1.74 bits per heavy atom. The van der Waals surface area contributed by atoms with Gasteiger partial charge in [0.25, 0.3) is 0 Å². The van der Waals surface area contributed by atoms with Crippen molar-refractivity contribution in [1.82, 2.24) is 0 Å². The molecule has 2 atom stereocenters. The van der Waals surface area contributed by atoms with Crippen molar-refractivity contribution in [3.05, 3.63) is 45.6 Å². The molecule has 0 spiro atoms. The van der Waals surface area contributed by atoms with Crippen LogP contribution in [0.5, 0.6) is 5.75 Å². The molecule has 2 aliphatic carbocycles. The van der Waals surface area contributed by atoms with E-state index in [1.807, 2.05) is 20.8 Å². The van der Waals surface area contributed by atoms with Gasteiger partial charge in [-0.2, -0.15) is 0 Å². The van der Waals surface area contributed by atoms with Crippen LogP contribution in [0.4, 0.5) is 5.69 Å². The summed E-state index contributed by atoms with van der Waals surface area (Å²) in [5, 5.41) is 9.18. The molecule has 0 saturated heterocycles. The summed E-state index contributed by atoms with van der Waals surface area (Å²) < 4.78 is 9.84. The van der Waals surface area contributed by atoms with Crippen molar-refractivity contribution in [3.8, 4) is 5.75 Å². The van der Waals surface area contributed by atoms with E-state index in [-0.39, 0.29) is 5.56 Å². The van der Waals surface area contributed by atoms with Gasteiger partial charge >= 0.3 is 5.97 Å². The number of thioether (sulfide) groups is 1. The Hall–Kier alpha value is -1.53. The van der Waals surface area contributed by atoms with Gasteiger partial charge in [-0.15, -0.1) is 0 Å². The number of hydrogen-bond acceptors (Lipinski definition) is 5. The van der Waals surface area contributed by atoms with Crippen molar-refractivity contribution >= 4 is 35.4 Å². The fourth-order valence-corrected chi connectivity index (χ4v) is 6.98. The highest BCUT2D eigenvalue weighted by Crippen LogP contribution is 2.45. The number of ether oxygens (including phenoxy) is 1. The number of hydrogen-bond donors (Lipinski definition) is 2. The van der Waals surface area contributed by atoms with E-state index in [1.54, 1.807) is 37.1 Å². The van der Waals surface area contributed by atoms with Gasteiger partial charge in [-0.05, 0) is 79.0 Å². The zero-order valence-electron chi connectivity index (χ0n) is 21.4. The number of anilines is 1. The molecule has 2 aliphatic rings. The third kappa shape index (κ3) is 8.60. The van der Waals surface area contributed by atoms with Crippen molar-refractivity contribution in [3.63, 3.8) is 0 Å². The first kappa shape index (κ1) is 28.7. The van der Waals surface area contributed by atoms with Gasteiger partial charge in [-0.1, -0.05) is 83.2 Å². The van der Waals surface area contributed by atoms with E-state index < -0.39 is 5.97 Å². The highest BCUT2D eigenvalue weighted by atomic mass is 32.2. The number of aromatic carboxylic acids is 1. The van der Waals surface area contributed by atoms with Crippen LogP contribution in [0.1, 0.15) is 95.3 Å². The first-order valence-corrected chi connectivity index (χ1v) is 14.5. The van der Waals surface area contributed by atoms with E-state index >= 15 is 0 Å². The second-order valence-electron chi connectivity index (χ2n) is 8.96.